The summed E-state index contributed by atoms with van der Waals surface area (Å²) in [6.07, 6.45) is 4.89. The van der Waals surface area contributed by atoms with E-state index in [2.05, 4.69) is 15.5 Å². The van der Waals surface area contributed by atoms with Crippen LogP contribution in [0.1, 0.15) is 79.2 Å². The Balaban J connectivity index is 1.29. The van der Waals surface area contributed by atoms with Crippen molar-refractivity contribution in [3.05, 3.63) is 65.0 Å². The number of hydrogen-bond acceptors (Lipinski definition) is 4. The molecule has 2 aromatic carbocycles. The maximum Gasteiger partial charge on any atom is 0.254 e. The second-order valence-corrected chi connectivity index (χ2v) is 11.5. The monoisotopic (exact) mass is 522 g/mol. The van der Waals surface area contributed by atoms with E-state index in [9.17, 15) is 18.8 Å². The molecule has 1 saturated carbocycles. The maximum atomic E-state index is 14.8. The van der Waals surface area contributed by atoms with E-state index in [-0.39, 0.29) is 40.4 Å². The van der Waals surface area contributed by atoms with Crippen LogP contribution in [-0.4, -0.2) is 59.2 Å². The van der Waals surface area contributed by atoms with Crippen LogP contribution >= 0.6 is 0 Å². The lowest BCUT2D eigenvalue weighted by molar-refractivity contribution is -0.120. The number of rotatable bonds is 6. The zero-order valence-electron chi connectivity index (χ0n) is 22.7. The lowest BCUT2D eigenvalue weighted by atomic mass is 9.88. The zero-order chi connectivity index (χ0) is 27.3. The fraction of sp³-hybridized carbons (Fsp3) is 0.500. The van der Waals surface area contributed by atoms with Gasteiger partial charge in [-0.1, -0.05) is 31.4 Å². The molecule has 1 saturated heterocycles. The van der Waals surface area contributed by atoms with Crippen molar-refractivity contribution >= 4 is 23.4 Å². The number of nitrogens with zero attached hydrogens (tertiary/aromatic N) is 2. The molecule has 0 radical (unpaired) electrons. The number of anilines is 1. The first-order valence-electron chi connectivity index (χ1n) is 13.6. The molecule has 3 amide bonds. The predicted octanol–water partition coefficient (Wildman–Crippen LogP) is 4.83. The van der Waals surface area contributed by atoms with Crippen LogP contribution < -0.4 is 10.6 Å². The van der Waals surface area contributed by atoms with Crippen LogP contribution in [0.4, 0.5) is 10.1 Å². The van der Waals surface area contributed by atoms with E-state index in [0.717, 1.165) is 37.7 Å². The van der Waals surface area contributed by atoms with Crippen molar-refractivity contribution in [2.45, 2.75) is 65.0 Å². The summed E-state index contributed by atoms with van der Waals surface area (Å²) < 4.78 is 14.8. The predicted molar refractivity (Wildman–Crippen MR) is 146 cm³/mol. The Morgan fingerprint density at radius 1 is 0.921 bits per heavy atom. The van der Waals surface area contributed by atoms with Crippen LogP contribution in [0.3, 0.4) is 0 Å². The third-order valence-corrected chi connectivity index (χ3v) is 7.19. The smallest absolute Gasteiger partial charge is 0.254 e. The molecule has 0 atom stereocenters. The molecule has 4 rings (SSSR count). The van der Waals surface area contributed by atoms with Crippen LogP contribution in [0.5, 0.6) is 0 Å². The number of halogens is 1. The van der Waals surface area contributed by atoms with Crippen LogP contribution in [0.15, 0.2) is 42.5 Å². The average molecular weight is 523 g/mol. The molecule has 8 heteroatoms. The standard InChI is InChI=1S/C30H39FN4O3/c1-30(2,3)33-28(37)23-11-7-8-21(18-23)20-34-14-16-35(17-15-34)29(38)24-12-13-26(25(31)19-24)32-27(36)22-9-5-4-6-10-22/h7-8,11-13,18-19,22H,4-6,9-10,14-17,20H2,1-3H3,(H,32,36)(H,33,37). The summed E-state index contributed by atoms with van der Waals surface area (Å²) in [5, 5.41) is 5.69. The molecular formula is C30H39FN4O3. The third kappa shape index (κ3) is 7.40. The van der Waals surface area contributed by atoms with E-state index in [1.807, 2.05) is 45.0 Å². The van der Waals surface area contributed by atoms with Crippen molar-refractivity contribution in [3.63, 3.8) is 0 Å². The van der Waals surface area contributed by atoms with E-state index in [4.69, 9.17) is 0 Å². The van der Waals surface area contributed by atoms with Gasteiger partial charge in [0.2, 0.25) is 5.91 Å². The molecule has 2 fully saturated rings. The van der Waals surface area contributed by atoms with Gasteiger partial charge in [0.1, 0.15) is 5.82 Å². The maximum absolute atomic E-state index is 14.8. The number of carbonyl (C=O) groups is 3. The molecule has 1 aliphatic carbocycles. The Kier molecular flexibility index (Phi) is 8.82. The number of hydrogen-bond donors (Lipinski definition) is 2. The van der Waals surface area contributed by atoms with Gasteiger partial charge >= 0.3 is 0 Å². The number of benzene rings is 2. The summed E-state index contributed by atoms with van der Waals surface area (Å²) in [7, 11) is 0. The number of nitrogens with one attached hydrogen (secondary N) is 2. The van der Waals surface area contributed by atoms with E-state index in [1.165, 1.54) is 12.1 Å². The SMILES string of the molecule is CC(C)(C)NC(=O)c1cccc(CN2CCN(C(=O)c3ccc(NC(=O)C4CCCCC4)c(F)c3)CC2)c1. The van der Waals surface area contributed by atoms with Crippen LogP contribution in [0.25, 0.3) is 0 Å². The summed E-state index contributed by atoms with van der Waals surface area (Å²) >= 11 is 0. The fourth-order valence-electron chi connectivity index (χ4n) is 5.12. The molecule has 1 heterocycles. The lowest BCUT2D eigenvalue weighted by Gasteiger charge is -2.35. The molecule has 0 unspecified atom stereocenters. The fourth-order valence-corrected chi connectivity index (χ4v) is 5.12. The van der Waals surface area contributed by atoms with Crippen molar-refractivity contribution in [1.82, 2.24) is 15.1 Å². The summed E-state index contributed by atoms with van der Waals surface area (Å²) in [5.74, 6) is -1.10. The summed E-state index contributed by atoms with van der Waals surface area (Å²) in [6, 6.07) is 11.9. The highest BCUT2D eigenvalue weighted by atomic mass is 19.1. The first-order chi connectivity index (χ1) is 18.1. The Labute approximate surface area is 224 Å². The van der Waals surface area contributed by atoms with Crippen molar-refractivity contribution in [2.75, 3.05) is 31.5 Å². The van der Waals surface area contributed by atoms with E-state index >= 15 is 0 Å². The van der Waals surface area contributed by atoms with Gasteiger partial charge < -0.3 is 15.5 Å². The third-order valence-electron chi connectivity index (χ3n) is 7.19. The summed E-state index contributed by atoms with van der Waals surface area (Å²) in [5.41, 5.74) is 1.78. The lowest BCUT2D eigenvalue weighted by Crippen LogP contribution is -2.48. The molecular weight excluding hydrogens is 483 g/mol. The highest BCUT2D eigenvalue weighted by molar-refractivity contribution is 5.96. The van der Waals surface area contributed by atoms with Gasteiger partial charge in [0.05, 0.1) is 5.69 Å². The molecule has 38 heavy (non-hydrogen) atoms. The van der Waals surface area contributed by atoms with E-state index in [0.29, 0.717) is 38.3 Å². The molecule has 0 aromatic heterocycles. The second kappa shape index (κ2) is 12.1. The van der Waals surface area contributed by atoms with Gasteiger partial charge in [0, 0.05) is 55.3 Å². The number of carbonyl (C=O) groups excluding carboxylic acids is 3. The second-order valence-electron chi connectivity index (χ2n) is 11.5. The Morgan fingerprint density at radius 3 is 2.29 bits per heavy atom. The Bertz CT molecular complexity index is 1160. The van der Waals surface area contributed by atoms with Gasteiger partial charge in [-0.25, -0.2) is 4.39 Å². The quantitative estimate of drug-likeness (QED) is 0.569. The first kappa shape index (κ1) is 27.8. The van der Waals surface area contributed by atoms with Gasteiger partial charge in [-0.05, 0) is 69.5 Å². The first-order valence-corrected chi connectivity index (χ1v) is 13.6. The van der Waals surface area contributed by atoms with Gasteiger partial charge in [-0.3, -0.25) is 19.3 Å². The van der Waals surface area contributed by atoms with Crippen molar-refractivity contribution in [3.8, 4) is 0 Å². The molecule has 0 bridgehead atoms. The number of piperazine rings is 1. The van der Waals surface area contributed by atoms with Gasteiger partial charge in [-0.2, -0.15) is 0 Å². The molecule has 1 aliphatic heterocycles. The van der Waals surface area contributed by atoms with Gasteiger partial charge in [0.15, 0.2) is 0 Å². The summed E-state index contributed by atoms with van der Waals surface area (Å²) in [4.78, 5) is 42.0. The van der Waals surface area contributed by atoms with Crippen molar-refractivity contribution in [1.29, 1.82) is 0 Å². The molecule has 7 nitrogen and oxygen atoms in total. The topological polar surface area (TPSA) is 81.8 Å². The minimum Gasteiger partial charge on any atom is -0.347 e. The zero-order valence-corrected chi connectivity index (χ0v) is 22.7. The minimum absolute atomic E-state index is 0.0659. The number of amides is 3. The summed E-state index contributed by atoms with van der Waals surface area (Å²) in [6.45, 7) is 8.97. The highest BCUT2D eigenvalue weighted by Gasteiger charge is 2.25. The van der Waals surface area contributed by atoms with Crippen molar-refractivity contribution in [2.24, 2.45) is 5.92 Å². The Morgan fingerprint density at radius 2 is 1.63 bits per heavy atom. The molecule has 2 N–H and O–H groups in total. The van der Waals surface area contributed by atoms with Gasteiger partial charge in [-0.15, -0.1) is 0 Å². The molecule has 2 aromatic rings. The van der Waals surface area contributed by atoms with Crippen LogP contribution in [0, 0.1) is 11.7 Å². The minimum atomic E-state index is -0.589. The molecule has 0 spiro atoms. The van der Waals surface area contributed by atoms with E-state index < -0.39 is 5.82 Å². The largest absolute Gasteiger partial charge is 0.347 e. The average Bonchev–Trinajstić information content (AvgIpc) is 2.89. The normalized spacial score (nSPS) is 17.2. The van der Waals surface area contributed by atoms with Gasteiger partial charge in [0.25, 0.3) is 11.8 Å². The van der Waals surface area contributed by atoms with Crippen LogP contribution in [-0.2, 0) is 11.3 Å². The molecule has 204 valence electrons. The molecule has 2 aliphatic rings. The van der Waals surface area contributed by atoms with Crippen molar-refractivity contribution < 1.29 is 18.8 Å². The van der Waals surface area contributed by atoms with E-state index in [1.54, 1.807) is 11.0 Å². The van der Waals surface area contributed by atoms with Crippen LogP contribution in [0.2, 0.25) is 0 Å². The Hall–Kier alpha value is -3.26. The highest BCUT2D eigenvalue weighted by Crippen LogP contribution is 2.26.